The molecule has 0 amide bonds. The first-order chi connectivity index (χ1) is 26.1. The zero-order valence-corrected chi connectivity index (χ0v) is 29.1. The summed E-state index contributed by atoms with van der Waals surface area (Å²) in [5.74, 6) is 0. The van der Waals surface area contributed by atoms with Crippen LogP contribution in [-0.2, 0) is 5.41 Å². The Morgan fingerprint density at radius 3 is 1.79 bits per heavy atom. The van der Waals surface area contributed by atoms with Crippen molar-refractivity contribution in [2.75, 3.05) is 4.90 Å². The third-order valence-corrected chi connectivity index (χ3v) is 11.4. The van der Waals surface area contributed by atoms with Gasteiger partial charge in [-0.25, -0.2) is 0 Å². The molecule has 8 aromatic carbocycles. The Labute approximate surface area is 307 Å². The lowest BCUT2D eigenvalue weighted by molar-refractivity contribution is 0.662. The third-order valence-electron chi connectivity index (χ3n) is 11.4. The molecule has 0 radical (unpaired) electrons. The van der Waals surface area contributed by atoms with E-state index in [2.05, 4.69) is 182 Å². The van der Waals surface area contributed by atoms with Gasteiger partial charge in [0, 0.05) is 39.0 Å². The molecule has 53 heavy (non-hydrogen) atoms. The summed E-state index contributed by atoms with van der Waals surface area (Å²) in [4.78, 5) is 2.33. The van der Waals surface area contributed by atoms with Gasteiger partial charge in [-0.2, -0.15) is 0 Å². The molecule has 0 fully saturated rings. The lowest BCUT2D eigenvalue weighted by Gasteiger charge is -2.28. The minimum absolute atomic E-state index is 0.308. The first-order valence-electron chi connectivity index (χ1n) is 18.2. The zero-order valence-electron chi connectivity index (χ0n) is 29.1. The number of hydrogen-bond donors (Lipinski definition) is 0. The van der Waals surface area contributed by atoms with Crippen molar-refractivity contribution >= 4 is 60.9 Å². The quantitative estimate of drug-likeness (QED) is 0.181. The van der Waals surface area contributed by atoms with Crippen LogP contribution in [0.3, 0.4) is 0 Å². The van der Waals surface area contributed by atoms with E-state index < -0.39 is 0 Å². The van der Waals surface area contributed by atoms with Gasteiger partial charge in [0.2, 0.25) is 0 Å². The van der Waals surface area contributed by atoms with Crippen LogP contribution in [0.25, 0.3) is 66.1 Å². The van der Waals surface area contributed by atoms with E-state index in [1.165, 1.54) is 38.9 Å². The normalized spacial score (nSPS) is 13.2. The summed E-state index contributed by atoms with van der Waals surface area (Å²) >= 11 is 0. The molecule has 0 spiro atoms. The summed E-state index contributed by atoms with van der Waals surface area (Å²) in [5.41, 5.74) is 15.1. The van der Waals surface area contributed by atoms with Gasteiger partial charge in [0.25, 0.3) is 0 Å². The Balaban J connectivity index is 1.11. The van der Waals surface area contributed by atoms with Gasteiger partial charge < -0.3 is 13.7 Å². The highest BCUT2D eigenvalue weighted by Gasteiger charge is 2.40. The highest BCUT2D eigenvalue weighted by atomic mass is 16.3. The van der Waals surface area contributed by atoms with E-state index in [0.29, 0.717) is 0 Å². The molecule has 0 N–H and O–H groups in total. The van der Waals surface area contributed by atoms with Crippen LogP contribution in [-0.4, -0.2) is 0 Å². The summed E-state index contributed by atoms with van der Waals surface area (Å²) in [7, 11) is 0. The number of furan rings is 2. The predicted octanol–water partition coefficient (Wildman–Crippen LogP) is 14.0. The lowest BCUT2D eigenvalue weighted by Crippen LogP contribution is -2.22. The Bertz CT molecular complexity index is 2980. The molecule has 0 saturated heterocycles. The molecule has 3 heteroatoms. The first kappa shape index (κ1) is 29.8. The average Bonchev–Trinajstić information content (AvgIpc) is 3.87. The molecule has 0 atom stereocenters. The fourth-order valence-electron chi connectivity index (χ4n) is 8.78. The third kappa shape index (κ3) is 4.41. The van der Waals surface area contributed by atoms with Gasteiger partial charge in [-0.1, -0.05) is 127 Å². The van der Waals surface area contributed by atoms with Crippen LogP contribution in [0.5, 0.6) is 0 Å². The van der Waals surface area contributed by atoms with Crippen LogP contribution in [0.2, 0.25) is 0 Å². The number of nitrogens with zero attached hydrogens (tertiary/aromatic N) is 1. The van der Waals surface area contributed by atoms with Crippen LogP contribution >= 0.6 is 0 Å². The van der Waals surface area contributed by atoms with Gasteiger partial charge in [-0.3, -0.25) is 0 Å². The molecular weight excluding hydrogens is 647 g/mol. The van der Waals surface area contributed by atoms with Gasteiger partial charge in [0.05, 0.1) is 11.1 Å². The summed E-state index contributed by atoms with van der Waals surface area (Å²) in [6.45, 7) is 2.35. The second kappa shape index (κ2) is 11.3. The second-order valence-electron chi connectivity index (χ2n) is 14.2. The maximum Gasteiger partial charge on any atom is 0.137 e. The zero-order chi connectivity index (χ0) is 35.1. The summed E-state index contributed by atoms with van der Waals surface area (Å²) in [5, 5.41) is 4.38. The molecule has 10 aromatic rings. The fourth-order valence-corrected chi connectivity index (χ4v) is 8.78. The van der Waals surface area contributed by atoms with E-state index in [1.807, 2.05) is 12.1 Å². The standard InChI is InChI=1S/C50H33NO2/c1-50(42-17-8-5-14-37(42)38-15-6-9-18-43(38)50)34-24-28-41-47(30-34)53-46-21-11-19-44(49(41)46)51(35-25-22-33(23-26-35)32-12-3-2-4-13-32)36-27-29-40-39-16-7-10-20-45(39)52-48(40)31-36/h2-31H,1H3. The van der Waals surface area contributed by atoms with Gasteiger partial charge in [-0.15, -0.1) is 0 Å². The van der Waals surface area contributed by atoms with Crippen molar-refractivity contribution in [3.8, 4) is 22.3 Å². The molecule has 0 bridgehead atoms. The van der Waals surface area contributed by atoms with Crippen molar-refractivity contribution in [1.82, 2.24) is 0 Å². The summed E-state index contributed by atoms with van der Waals surface area (Å²) in [6, 6.07) is 64.9. The molecular formula is C50H33NO2. The van der Waals surface area contributed by atoms with Crippen LogP contribution in [0.4, 0.5) is 17.1 Å². The van der Waals surface area contributed by atoms with E-state index in [-0.39, 0.29) is 5.41 Å². The van der Waals surface area contributed by atoms with E-state index in [0.717, 1.165) is 60.9 Å². The Kier molecular flexibility index (Phi) is 6.38. The predicted molar refractivity (Wildman–Crippen MR) is 219 cm³/mol. The second-order valence-corrected chi connectivity index (χ2v) is 14.2. The maximum absolute atomic E-state index is 6.78. The number of benzene rings is 8. The topological polar surface area (TPSA) is 29.5 Å². The smallest absolute Gasteiger partial charge is 0.137 e. The molecule has 0 unspecified atom stereocenters. The number of para-hydroxylation sites is 1. The van der Waals surface area contributed by atoms with Gasteiger partial charge in [0.1, 0.15) is 22.3 Å². The average molecular weight is 680 g/mol. The number of rotatable bonds is 5. The van der Waals surface area contributed by atoms with Gasteiger partial charge in [-0.05, 0) is 94.4 Å². The van der Waals surface area contributed by atoms with E-state index >= 15 is 0 Å². The molecule has 11 rings (SSSR count). The van der Waals surface area contributed by atoms with Crippen molar-refractivity contribution in [1.29, 1.82) is 0 Å². The maximum atomic E-state index is 6.78. The highest BCUT2D eigenvalue weighted by Crippen LogP contribution is 2.53. The molecule has 1 aliphatic rings. The first-order valence-corrected chi connectivity index (χ1v) is 18.2. The highest BCUT2D eigenvalue weighted by molar-refractivity contribution is 6.14. The van der Waals surface area contributed by atoms with E-state index in [4.69, 9.17) is 8.83 Å². The van der Waals surface area contributed by atoms with Gasteiger partial charge >= 0.3 is 0 Å². The van der Waals surface area contributed by atoms with Crippen LogP contribution in [0.1, 0.15) is 23.6 Å². The summed E-state index contributed by atoms with van der Waals surface area (Å²) in [6.07, 6.45) is 0. The van der Waals surface area contributed by atoms with Crippen LogP contribution in [0.15, 0.2) is 191 Å². The minimum Gasteiger partial charge on any atom is -0.456 e. The van der Waals surface area contributed by atoms with E-state index in [9.17, 15) is 0 Å². The number of hydrogen-bond acceptors (Lipinski definition) is 3. The van der Waals surface area contributed by atoms with Crippen molar-refractivity contribution < 1.29 is 8.83 Å². The Morgan fingerprint density at radius 2 is 1.00 bits per heavy atom. The molecule has 0 saturated carbocycles. The Hall–Kier alpha value is -6.84. The fraction of sp³-hybridized carbons (Fsp3) is 0.0400. The molecule has 0 aliphatic heterocycles. The van der Waals surface area contributed by atoms with E-state index in [1.54, 1.807) is 0 Å². The summed E-state index contributed by atoms with van der Waals surface area (Å²) < 4.78 is 13.2. The minimum atomic E-state index is -0.308. The Morgan fingerprint density at radius 1 is 0.415 bits per heavy atom. The van der Waals surface area contributed by atoms with Crippen molar-refractivity contribution in [3.05, 3.63) is 199 Å². The molecule has 2 aromatic heterocycles. The largest absolute Gasteiger partial charge is 0.456 e. The van der Waals surface area contributed by atoms with Gasteiger partial charge in [0.15, 0.2) is 0 Å². The van der Waals surface area contributed by atoms with Crippen LogP contribution < -0.4 is 4.90 Å². The van der Waals surface area contributed by atoms with Crippen molar-refractivity contribution in [2.24, 2.45) is 0 Å². The van der Waals surface area contributed by atoms with Crippen molar-refractivity contribution in [2.45, 2.75) is 12.3 Å². The monoisotopic (exact) mass is 679 g/mol. The lowest BCUT2D eigenvalue weighted by atomic mass is 9.74. The molecule has 250 valence electrons. The van der Waals surface area contributed by atoms with Crippen molar-refractivity contribution in [3.63, 3.8) is 0 Å². The molecule has 3 nitrogen and oxygen atoms in total. The molecule has 2 heterocycles. The number of fused-ring (bicyclic) bond motifs is 9. The number of anilines is 3. The van der Waals surface area contributed by atoms with Crippen LogP contribution in [0, 0.1) is 0 Å². The SMILES string of the molecule is CC1(c2ccc3c(c2)oc2cccc(N(c4ccc(-c5ccccc5)cc4)c4ccc5c(c4)oc4ccccc45)c23)c2ccccc2-c2ccccc21. The molecule has 1 aliphatic carbocycles.